The molecule has 0 spiro atoms. The molecule has 0 rings (SSSR count). The van der Waals surface area contributed by atoms with Crippen LogP contribution in [0.5, 0.6) is 0 Å². The van der Waals surface area contributed by atoms with Crippen molar-refractivity contribution in [2.45, 2.75) is 65.6 Å². The fraction of sp³-hybridized carbons (Fsp3) is 0.938. The molecule has 0 aliphatic carbocycles. The maximum absolute atomic E-state index is 12.2. The molecular weight excluding hydrogens is 268 g/mol. The summed E-state index contributed by atoms with van der Waals surface area (Å²) in [6.45, 7) is 14.7. The number of rotatable bonds is 11. The van der Waals surface area contributed by atoms with Gasteiger partial charge in [0, 0.05) is 12.6 Å². The molecule has 0 fully saturated rings. The Morgan fingerprint density at radius 2 is 1.90 bits per heavy atom. The summed E-state index contributed by atoms with van der Waals surface area (Å²) in [5.41, 5.74) is -0.642. The monoisotopic (exact) mass is 302 g/mol. The van der Waals surface area contributed by atoms with Crippen molar-refractivity contribution in [3.05, 3.63) is 0 Å². The molecule has 0 radical (unpaired) electrons. The van der Waals surface area contributed by atoms with Crippen molar-refractivity contribution >= 4 is 5.97 Å². The van der Waals surface area contributed by atoms with Crippen molar-refractivity contribution in [1.29, 1.82) is 0 Å². The largest absolute Gasteiger partial charge is 0.465 e. The fourth-order valence-corrected chi connectivity index (χ4v) is 2.31. The van der Waals surface area contributed by atoms with Gasteiger partial charge in [0.1, 0.15) is 5.54 Å². The van der Waals surface area contributed by atoms with E-state index in [1.807, 2.05) is 34.6 Å². The van der Waals surface area contributed by atoms with Gasteiger partial charge in [-0.15, -0.1) is 0 Å². The summed E-state index contributed by atoms with van der Waals surface area (Å²) < 4.78 is 10.8. The minimum Gasteiger partial charge on any atom is -0.465 e. The number of likely N-dealkylation sites (N-methyl/N-ethyl adjacent to an activating group) is 2. The van der Waals surface area contributed by atoms with E-state index < -0.39 is 5.54 Å². The van der Waals surface area contributed by atoms with E-state index in [1.165, 1.54) is 0 Å². The third-order valence-electron chi connectivity index (χ3n) is 3.64. The Kier molecular flexibility index (Phi) is 9.83. The van der Waals surface area contributed by atoms with Gasteiger partial charge < -0.3 is 19.7 Å². The normalized spacial score (nSPS) is 16.0. The predicted molar refractivity (Wildman–Crippen MR) is 86.5 cm³/mol. The van der Waals surface area contributed by atoms with E-state index in [0.717, 1.165) is 13.1 Å². The molecule has 2 unspecified atom stereocenters. The number of hydrogen-bond donors (Lipinski definition) is 1. The van der Waals surface area contributed by atoms with Gasteiger partial charge in [0.05, 0.1) is 19.3 Å². The Balaban J connectivity index is 4.51. The lowest BCUT2D eigenvalue weighted by Crippen LogP contribution is -2.54. The van der Waals surface area contributed by atoms with Crippen LogP contribution in [0.15, 0.2) is 0 Å². The van der Waals surface area contributed by atoms with Crippen LogP contribution in [0.3, 0.4) is 0 Å². The van der Waals surface area contributed by atoms with E-state index in [1.54, 1.807) is 0 Å². The number of carbonyl (C=O) groups is 1. The van der Waals surface area contributed by atoms with E-state index >= 15 is 0 Å². The topological polar surface area (TPSA) is 50.8 Å². The van der Waals surface area contributed by atoms with Crippen LogP contribution in [-0.2, 0) is 14.3 Å². The summed E-state index contributed by atoms with van der Waals surface area (Å²) in [7, 11) is 2.06. The number of ether oxygens (including phenoxy) is 2. The summed E-state index contributed by atoms with van der Waals surface area (Å²) in [6.07, 6.45) is 0.956. The van der Waals surface area contributed by atoms with Crippen LogP contribution in [0.1, 0.15) is 48.0 Å². The standard InChI is InChI=1S/C16H34N2O3/c1-8-17-16(6,15(19)20-9-2)12-14(5)18(7)10-11-21-13(3)4/h13-14,17H,8-12H2,1-7H3. The van der Waals surface area contributed by atoms with Gasteiger partial charge in [-0.1, -0.05) is 6.92 Å². The van der Waals surface area contributed by atoms with Crippen molar-refractivity contribution in [1.82, 2.24) is 10.2 Å². The highest BCUT2D eigenvalue weighted by Crippen LogP contribution is 2.17. The molecule has 0 saturated carbocycles. The van der Waals surface area contributed by atoms with Gasteiger partial charge >= 0.3 is 5.97 Å². The molecule has 0 aromatic rings. The summed E-state index contributed by atoms with van der Waals surface area (Å²) in [5.74, 6) is -0.175. The molecule has 2 atom stereocenters. The number of hydrogen-bond acceptors (Lipinski definition) is 5. The Morgan fingerprint density at radius 1 is 1.29 bits per heavy atom. The van der Waals surface area contributed by atoms with Crippen LogP contribution in [-0.4, -0.2) is 61.9 Å². The van der Waals surface area contributed by atoms with Crippen molar-refractivity contribution in [3.63, 3.8) is 0 Å². The number of esters is 1. The van der Waals surface area contributed by atoms with Crippen molar-refractivity contribution in [3.8, 4) is 0 Å². The SMILES string of the molecule is CCNC(C)(CC(C)N(C)CCOC(C)C)C(=O)OCC. The Bertz CT molecular complexity index is 297. The van der Waals surface area contributed by atoms with Crippen molar-refractivity contribution in [2.75, 3.05) is 33.4 Å². The van der Waals surface area contributed by atoms with Crippen LogP contribution in [0, 0.1) is 0 Å². The highest BCUT2D eigenvalue weighted by molar-refractivity contribution is 5.80. The van der Waals surface area contributed by atoms with Crippen LogP contribution < -0.4 is 5.32 Å². The summed E-state index contributed by atoms with van der Waals surface area (Å²) in [4.78, 5) is 14.4. The molecular formula is C16H34N2O3. The minimum absolute atomic E-state index is 0.175. The van der Waals surface area contributed by atoms with Gasteiger partial charge in [0.2, 0.25) is 0 Å². The molecule has 126 valence electrons. The quantitative estimate of drug-likeness (QED) is 0.592. The van der Waals surface area contributed by atoms with Crippen LogP contribution in [0.2, 0.25) is 0 Å². The molecule has 0 aromatic carbocycles. The molecule has 5 heteroatoms. The molecule has 0 saturated heterocycles. The maximum Gasteiger partial charge on any atom is 0.326 e. The average molecular weight is 302 g/mol. The first-order valence-corrected chi connectivity index (χ1v) is 8.00. The fourth-order valence-electron chi connectivity index (χ4n) is 2.31. The third-order valence-corrected chi connectivity index (χ3v) is 3.64. The molecule has 0 heterocycles. The Hall–Kier alpha value is -0.650. The van der Waals surface area contributed by atoms with Gasteiger partial charge in [-0.3, -0.25) is 4.79 Å². The molecule has 5 nitrogen and oxygen atoms in total. The molecule has 0 bridgehead atoms. The molecule has 1 N–H and O–H groups in total. The second kappa shape index (κ2) is 10.1. The van der Waals surface area contributed by atoms with Crippen LogP contribution in [0.4, 0.5) is 0 Å². The van der Waals surface area contributed by atoms with E-state index in [9.17, 15) is 4.79 Å². The first-order chi connectivity index (χ1) is 9.76. The highest BCUT2D eigenvalue weighted by atomic mass is 16.5. The average Bonchev–Trinajstić information content (AvgIpc) is 2.38. The summed E-state index contributed by atoms with van der Waals surface area (Å²) >= 11 is 0. The van der Waals surface area contributed by atoms with Crippen molar-refractivity contribution in [2.24, 2.45) is 0 Å². The smallest absolute Gasteiger partial charge is 0.326 e. The van der Waals surface area contributed by atoms with Gasteiger partial charge in [-0.2, -0.15) is 0 Å². The molecule has 0 aliphatic heterocycles. The first kappa shape index (κ1) is 20.3. The summed E-state index contributed by atoms with van der Waals surface area (Å²) in [5, 5.41) is 3.27. The molecule has 21 heavy (non-hydrogen) atoms. The van der Waals surface area contributed by atoms with E-state index in [-0.39, 0.29) is 18.1 Å². The van der Waals surface area contributed by atoms with Gasteiger partial charge in [0.25, 0.3) is 0 Å². The Morgan fingerprint density at radius 3 is 2.38 bits per heavy atom. The van der Waals surface area contributed by atoms with Crippen LogP contribution in [0.25, 0.3) is 0 Å². The van der Waals surface area contributed by atoms with Crippen LogP contribution >= 0.6 is 0 Å². The van der Waals surface area contributed by atoms with E-state index in [4.69, 9.17) is 9.47 Å². The summed E-state index contributed by atoms with van der Waals surface area (Å²) in [6, 6.07) is 0.259. The van der Waals surface area contributed by atoms with E-state index in [2.05, 4.69) is 24.2 Å². The molecule has 0 amide bonds. The zero-order valence-corrected chi connectivity index (χ0v) is 14.9. The number of carbonyl (C=O) groups excluding carboxylic acids is 1. The second-order valence-electron chi connectivity index (χ2n) is 6.04. The lowest BCUT2D eigenvalue weighted by atomic mass is 9.93. The lowest BCUT2D eigenvalue weighted by molar-refractivity contribution is -0.151. The lowest BCUT2D eigenvalue weighted by Gasteiger charge is -2.34. The second-order valence-corrected chi connectivity index (χ2v) is 6.04. The van der Waals surface area contributed by atoms with Gasteiger partial charge in [-0.25, -0.2) is 0 Å². The maximum atomic E-state index is 12.2. The number of nitrogens with zero attached hydrogens (tertiary/aromatic N) is 1. The zero-order chi connectivity index (χ0) is 16.5. The molecule has 0 aromatic heterocycles. The Labute approximate surface area is 130 Å². The van der Waals surface area contributed by atoms with Gasteiger partial charge in [-0.05, 0) is 54.6 Å². The first-order valence-electron chi connectivity index (χ1n) is 8.00. The third kappa shape index (κ3) is 7.79. The number of nitrogens with one attached hydrogen (secondary N) is 1. The zero-order valence-electron chi connectivity index (χ0n) is 14.9. The van der Waals surface area contributed by atoms with Gasteiger partial charge in [0.15, 0.2) is 0 Å². The highest BCUT2D eigenvalue weighted by Gasteiger charge is 2.36. The predicted octanol–water partition coefficient (Wildman–Crippen LogP) is 2.05. The van der Waals surface area contributed by atoms with Crippen molar-refractivity contribution < 1.29 is 14.3 Å². The minimum atomic E-state index is -0.642. The van der Waals surface area contributed by atoms with E-state index in [0.29, 0.717) is 19.6 Å². The molecule has 0 aliphatic rings.